The topological polar surface area (TPSA) is 21.3 Å². The van der Waals surface area contributed by atoms with Crippen LogP contribution >= 0.6 is 0 Å². The van der Waals surface area contributed by atoms with Gasteiger partial charge in [0.1, 0.15) is 0 Å². The first-order valence-corrected chi connectivity index (χ1v) is 5.68. The minimum Gasteiger partial charge on any atom is -0.378 e. The molecule has 2 heteroatoms. The standard InChI is InChI=1S/C11H21NO/c1-9(10-2-3-10)8-13-11-4-6-12-7-5-11/h9-12H,2-8H2,1H3. The van der Waals surface area contributed by atoms with Gasteiger partial charge < -0.3 is 10.1 Å². The molecule has 0 spiro atoms. The molecule has 13 heavy (non-hydrogen) atoms. The number of piperidine rings is 1. The Bertz CT molecular complexity index is 150. The van der Waals surface area contributed by atoms with Gasteiger partial charge in [-0.25, -0.2) is 0 Å². The minimum atomic E-state index is 0.544. The third-order valence-corrected chi connectivity index (χ3v) is 3.31. The number of nitrogens with one attached hydrogen (secondary N) is 1. The van der Waals surface area contributed by atoms with E-state index in [1.807, 2.05) is 0 Å². The van der Waals surface area contributed by atoms with E-state index in [9.17, 15) is 0 Å². The lowest BCUT2D eigenvalue weighted by Crippen LogP contribution is -2.33. The van der Waals surface area contributed by atoms with Crippen LogP contribution in [0.3, 0.4) is 0 Å². The Balaban J connectivity index is 1.60. The van der Waals surface area contributed by atoms with E-state index in [-0.39, 0.29) is 0 Å². The molecule has 2 fully saturated rings. The lowest BCUT2D eigenvalue weighted by molar-refractivity contribution is 0.0111. The van der Waals surface area contributed by atoms with Crippen molar-refractivity contribution in [1.29, 1.82) is 0 Å². The smallest absolute Gasteiger partial charge is 0.0599 e. The first-order valence-electron chi connectivity index (χ1n) is 5.68. The van der Waals surface area contributed by atoms with Gasteiger partial charge in [-0.15, -0.1) is 0 Å². The fourth-order valence-corrected chi connectivity index (χ4v) is 2.05. The maximum atomic E-state index is 5.91. The molecule has 0 aromatic rings. The molecule has 1 saturated heterocycles. The lowest BCUT2D eigenvalue weighted by atomic mass is 10.1. The molecule has 0 amide bonds. The Morgan fingerprint density at radius 3 is 2.54 bits per heavy atom. The summed E-state index contributed by atoms with van der Waals surface area (Å²) in [6.07, 6.45) is 5.84. The Labute approximate surface area is 81.0 Å². The van der Waals surface area contributed by atoms with E-state index in [0.717, 1.165) is 31.5 Å². The van der Waals surface area contributed by atoms with E-state index in [1.54, 1.807) is 0 Å². The van der Waals surface area contributed by atoms with Crippen molar-refractivity contribution in [2.75, 3.05) is 19.7 Å². The fourth-order valence-electron chi connectivity index (χ4n) is 2.05. The van der Waals surface area contributed by atoms with E-state index in [1.165, 1.54) is 25.7 Å². The zero-order valence-corrected chi connectivity index (χ0v) is 8.59. The molecular weight excluding hydrogens is 162 g/mol. The molecule has 1 N–H and O–H groups in total. The van der Waals surface area contributed by atoms with E-state index in [0.29, 0.717) is 6.10 Å². The van der Waals surface area contributed by atoms with Crippen LogP contribution in [0.15, 0.2) is 0 Å². The molecule has 2 nitrogen and oxygen atoms in total. The second-order valence-electron chi connectivity index (χ2n) is 4.60. The van der Waals surface area contributed by atoms with Gasteiger partial charge in [0.15, 0.2) is 0 Å². The highest BCUT2D eigenvalue weighted by atomic mass is 16.5. The molecule has 0 aromatic heterocycles. The largest absolute Gasteiger partial charge is 0.378 e. The first-order chi connectivity index (χ1) is 6.36. The van der Waals surface area contributed by atoms with E-state index < -0.39 is 0 Å². The summed E-state index contributed by atoms with van der Waals surface area (Å²) < 4.78 is 5.91. The SMILES string of the molecule is CC(COC1CCNCC1)C1CC1. The average Bonchev–Trinajstić information content (AvgIpc) is 2.99. The monoisotopic (exact) mass is 183 g/mol. The van der Waals surface area contributed by atoms with Crippen molar-refractivity contribution in [1.82, 2.24) is 5.32 Å². The Morgan fingerprint density at radius 2 is 1.92 bits per heavy atom. The van der Waals surface area contributed by atoms with Crippen LogP contribution in [0.4, 0.5) is 0 Å². The zero-order valence-electron chi connectivity index (χ0n) is 8.59. The summed E-state index contributed by atoms with van der Waals surface area (Å²) in [6.45, 7) is 5.61. The molecule has 1 saturated carbocycles. The highest BCUT2D eigenvalue weighted by Crippen LogP contribution is 2.36. The second kappa shape index (κ2) is 4.43. The van der Waals surface area contributed by atoms with Crippen molar-refractivity contribution in [3.05, 3.63) is 0 Å². The van der Waals surface area contributed by atoms with Gasteiger partial charge in [-0.2, -0.15) is 0 Å². The predicted molar refractivity (Wildman–Crippen MR) is 53.7 cm³/mol. The molecule has 76 valence electrons. The third-order valence-electron chi connectivity index (χ3n) is 3.31. The lowest BCUT2D eigenvalue weighted by Gasteiger charge is -2.24. The average molecular weight is 183 g/mol. The molecule has 0 bridgehead atoms. The Kier molecular flexibility index (Phi) is 3.23. The predicted octanol–water partition coefficient (Wildman–Crippen LogP) is 1.80. The van der Waals surface area contributed by atoms with Crippen LogP contribution in [0.1, 0.15) is 32.6 Å². The van der Waals surface area contributed by atoms with Gasteiger partial charge in [0.05, 0.1) is 6.10 Å². The van der Waals surface area contributed by atoms with Crippen LogP contribution in [-0.4, -0.2) is 25.8 Å². The second-order valence-corrected chi connectivity index (χ2v) is 4.60. The van der Waals surface area contributed by atoms with Gasteiger partial charge >= 0.3 is 0 Å². The van der Waals surface area contributed by atoms with E-state index in [4.69, 9.17) is 4.74 Å². The Hall–Kier alpha value is -0.0800. The Morgan fingerprint density at radius 1 is 1.23 bits per heavy atom. The van der Waals surface area contributed by atoms with Crippen molar-refractivity contribution < 1.29 is 4.74 Å². The summed E-state index contributed by atoms with van der Waals surface area (Å²) in [5.74, 6) is 1.79. The third kappa shape index (κ3) is 2.96. The van der Waals surface area contributed by atoms with Crippen LogP contribution in [0.25, 0.3) is 0 Å². The van der Waals surface area contributed by atoms with Crippen LogP contribution in [0.2, 0.25) is 0 Å². The van der Waals surface area contributed by atoms with Gasteiger partial charge in [-0.05, 0) is 50.6 Å². The van der Waals surface area contributed by atoms with Crippen LogP contribution < -0.4 is 5.32 Å². The normalized spacial score (nSPS) is 27.5. The fraction of sp³-hybridized carbons (Fsp3) is 1.00. The number of ether oxygens (including phenoxy) is 1. The maximum absolute atomic E-state index is 5.91. The maximum Gasteiger partial charge on any atom is 0.0599 e. The first kappa shape index (κ1) is 9.47. The molecule has 2 aliphatic rings. The van der Waals surface area contributed by atoms with Crippen molar-refractivity contribution in [2.24, 2.45) is 11.8 Å². The van der Waals surface area contributed by atoms with Gasteiger partial charge in [0.2, 0.25) is 0 Å². The van der Waals surface area contributed by atoms with Crippen molar-refractivity contribution in [3.8, 4) is 0 Å². The molecule has 1 atom stereocenters. The number of hydrogen-bond acceptors (Lipinski definition) is 2. The molecule has 1 aliphatic carbocycles. The molecule has 2 rings (SSSR count). The summed E-state index contributed by atoms with van der Waals surface area (Å²) in [6, 6.07) is 0. The van der Waals surface area contributed by atoms with E-state index >= 15 is 0 Å². The summed E-state index contributed by atoms with van der Waals surface area (Å²) >= 11 is 0. The van der Waals surface area contributed by atoms with Gasteiger partial charge in [-0.1, -0.05) is 6.92 Å². The van der Waals surface area contributed by atoms with Gasteiger partial charge in [0.25, 0.3) is 0 Å². The quantitative estimate of drug-likeness (QED) is 0.717. The van der Waals surface area contributed by atoms with E-state index in [2.05, 4.69) is 12.2 Å². The van der Waals surface area contributed by atoms with Crippen LogP contribution in [0, 0.1) is 11.8 Å². The summed E-state index contributed by atoms with van der Waals surface area (Å²) in [7, 11) is 0. The highest BCUT2D eigenvalue weighted by molar-refractivity contribution is 4.79. The molecular formula is C11H21NO. The highest BCUT2D eigenvalue weighted by Gasteiger charge is 2.28. The van der Waals surface area contributed by atoms with Crippen LogP contribution in [0.5, 0.6) is 0 Å². The summed E-state index contributed by atoms with van der Waals surface area (Å²) in [5, 5.41) is 3.36. The van der Waals surface area contributed by atoms with Crippen LogP contribution in [-0.2, 0) is 4.74 Å². The van der Waals surface area contributed by atoms with Crippen molar-refractivity contribution in [3.63, 3.8) is 0 Å². The summed E-state index contributed by atoms with van der Waals surface area (Å²) in [4.78, 5) is 0. The molecule has 0 aromatic carbocycles. The zero-order chi connectivity index (χ0) is 9.10. The van der Waals surface area contributed by atoms with Crippen molar-refractivity contribution >= 4 is 0 Å². The van der Waals surface area contributed by atoms with Crippen molar-refractivity contribution in [2.45, 2.75) is 38.7 Å². The summed E-state index contributed by atoms with van der Waals surface area (Å²) in [5.41, 5.74) is 0. The number of hydrogen-bond donors (Lipinski definition) is 1. The van der Waals surface area contributed by atoms with Gasteiger partial charge in [0, 0.05) is 6.61 Å². The molecule has 1 aliphatic heterocycles. The van der Waals surface area contributed by atoms with Gasteiger partial charge in [-0.3, -0.25) is 0 Å². The molecule has 0 radical (unpaired) electrons. The molecule has 1 unspecified atom stereocenters. The number of rotatable bonds is 4. The minimum absolute atomic E-state index is 0.544. The molecule has 1 heterocycles.